The minimum atomic E-state index is 0.771. The molecule has 0 N–H and O–H groups in total. The lowest BCUT2D eigenvalue weighted by atomic mass is 10.00. The molecule has 0 aliphatic rings. The van der Waals surface area contributed by atoms with Crippen LogP contribution in [-0.2, 0) is 0 Å². The number of aromatic nitrogens is 10. The Morgan fingerprint density at radius 3 is 1.19 bits per heavy atom. The fourth-order valence-electron chi connectivity index (χ4n) is 11.9. The Morgan fingerprint density at radius 2 is 0.616 bits per heavy atom. The maximum absolute atomic E-state index is 5.25. The first-order valence-electron chi connectivity index (χ1n) is 28.5. The minimum Gasteiger partial charge on any atom is -0.255 e. The second kappa shape index (κ2) is 19.9. The fraction of sp³-hybridized carbons (Fsp3) is 0. The summed E-state index contributed by atoms with van der Waals surface area (Å²) < 4.78 is 0. The highest BCUT2D eigenvalue weighted by molar-refractivity contribution is 6.09. The lowest BCUT2D eigenvalue weighted by molar-refractivity contribution is 1.28. The highest BCUT2D eigenvalue weighted by Gasteiger charge is 2.16. The van der Waals surface area contributed by atoms with Crippen molar-refractivity contribution in [1.82, 2.24) is 49.8 Å². The number of fused-ring (bicyclic) bond motifs is 10. The molecule has 86 heavy (non-hydrogen) atoms. The molecular formula is C76H44N10. The molecule has 0 fully saturated rings. The van der Waals surface area contributed by atoms with E-state index >= 15 is 0 Å². The normalized spacial score (nSPS) is 11.7. The Balaban J connectivity index is 0.635. The van der Waals surface area contributed by atoms with Crippen molar-refractivity contribution in [3.05, 3.63) is 267 Å². The molecule has 0 unspecified atom stereocenters. The zero-order chi connectivity index (χ0) is 56.7. The summed E-state index contributed by atoms with van der Waals surface area (Å²) in [6, 6.07) is 83.7. The van der Waals surface area contributed by atoms with Gasteiger partial charge in [-0.2, -0.15) is 0 Å². The number of hydrogen-bond acceptors (Lipinski definition) is 10. The predicted octanol–water partition coefficient (Wildman–Crippen LogP) is 18.2. The van der Waals surface area contributed by atoms with Crippen molar-refractivity contribution in [2.45, 2.75) is 0 Å². The molecular weight excluding hydrogens is 1050 g/mol. The fourth-order valence-corrected chi connectivity index (χ4v) is 11.9. The van der Waals surface area contributed by atoms with Gasteiger partial charge in [0.2, 0.25) is 0 Å². The van der Waals surface area contributed by atoms with Gasteiger partial charge in [-0.15, -0.1) is 0 Å². The quantitative estimate of drug-likeness (QED) is 0.136. The Morgan fingerprint density at radius 1 is 0.198 bits per heavy atom. The Kier molecular flexibility index (Phi) is 11.3. The molecule has 17 rings (SSSR count). The molecule has 0 atom stereocenters. The van der Waals surface area contributed by atoms with Gasteiger partial charge in [0.15, 0.2) is 0 Å². The van der Waals surface area contributed by atoms with Gasteiger partial charge in [-0.05, 0) is 125 Å². The molecule has 0 aliphatic carbocycles. The van der Waals surface area contributed by atoms with E-state index in [2.05, 4.69) is 192 Å². The zero-order valence-electron chi connectivity index (χ0n) is 45.9. The van der Waals surface area contributed by atoms with Crippen LogP contribution in [0.5, 0.6) is 0 Å². The highest BCUT2D eigenvalue weighted by Crippen LogP contribution is 2.36. The number of hydrogen-bond donors (Lipinski definition) is 0. The average Bonchev–Trinajstić information content (AvgIpc) is 2.63. The number of benzene rings is 7. The minimum absolute atomic E-state index is 0.771. The van der Waals surface area contributed by atoms with E-state index in [9.17, 15) is 0 Å². The summed E-state index contributed by atoms with van der Waals surface area (Å²) in [5.74, 6) is 0. The lowest BCUT2D eigenvalue weighted by Gasteiger charge is -2.11. The first kappa shape index (κ1) is 48.8. The van der Waals surface area contributed by atoms with E-state index < -0.39 is 0 Å². The first-order valence-corrected chi connectivity index (χ1v) is 28.5. The van der Waals surface area contributed by atoms with Crippen LogP contribution in [0.4, 0.5) is 0 Å². The molecule has 17 aromatic rings. The standard InChI is InChI=1S/C76H44N10/c1-2-36-77-63(8-1)65-31-21-46-10-17-54(41-70(46)82-65)55-18-12-48-23-33-67(84-72(48)43-55)68-34-25-51-19-27-60-59(35-38-79-76(60)75(51)86-68)58-26-30-64(80-44-58)66-32-22-47-11-16-53(42-71(47)83-66)52-15-9-45-20-28-61(81-69(45)40-52)56-5-3-6-57(39-56)62-29-24-50-14-13-49-7-4-37-78-73(49)74(50)85-62/h1-44H. The molecule has 0 aliphatic heterocycles. The van der Waals surface area contributed by atoms with Crippen LogP contribution < -0.4 is 0 Å². The zero-order valence-corrected chi connectivity index (χ0v) is 45.9. The van der Waals surface area contributed by atoms with Gasteiger partial charge in [0.05, 0.1) is 89.7 Å². The summed E-state index contributed by atoms with van der Waals surface area (Å²) in [6.07, 6.45) is 7.40. The average molecular weight is 1100 g/mol. The maximum Gasteiger partial charge on any atom is 0.0972 e. The van der Waals surface area contributed by atoms with E-state index in [1.807, 2.05) is 79.3 Å². The van der Waals surface area contributed by atoms with Gasteiger partial charge >= 0.3 is 0 Å². The molecule has 10 heterocycles. The summed E-state index contributed by atoms with van der Waals surface area (Å²) in [4.78, 5) is 50.0. The van der Waals surface area contributed by atoms with Crippen LogP contribution in [0.3, 0.4) is 0 Å². The van der Waals surface area contributed by atoms with Crippen molar-refractivity contribution in [3.8, 4) is 90.1 Å². The number of rotatable bonds is 8. The van der Waals surface area contributed by atoms with Crippen LogP contribution in [-0.4, -0.2) is 49.8 Å². The highest BCUT2D eigenvalue weighted by atomic mass is 14.8. The largest absolute Gasteiger partial charge is 0.255 e. The third-order valence-corrected chi connectivity index (χ3v) is 16.4. The van der Waals surface area contributed by atoms with Crippen molar-refractivity contribution in [2.75, 3.05) is 0 Å². The van der Waals surface area contributed by atoms with Crippen LogP contribution >= 0.6 is 0 Å². The second-order valence-corrected chi connectivity index (χ2v) is 21.6. The molecule has 10 nitrogen and oxygen atoms in total. The summed E-state index contributed by atoms with van der Waals surface area (Å²) >= 11 is 0. The van der Waals surface area contributed by atoms with Crippen LogP contribution in [0.2, 0.25) is 0 Å². The molecule has 0 saturated carbocycles. The first-order chi connectivity index (χ1) is 42.5. The molecule has 0 saturated heterocycles. The topological polar surface area (TPSA) is 129 Å². The number of pyridine rings is 10. The summed E-state index contributed by atoms with van der Waals surface area (Å²) in [6.45, 7) is 0. The smallest absolute Gasteiger partial charge is 0.0972 e. The molecule has 10 aromatic heterocycles. The lowest BCUT2D eigenvalue weighted by Crippen LogP contribution is -1.93. The van der Waals surface area contributed by atoms with Gasteiger partial charge in [0.25, 0.3) is 0 Å². The van der Waals surface area contributed by atoms with Gasteiger partial charge < -0.3 is 0 Å². The molecule has 0 amide bonds. The summed E-state index contributed by atoms with van der Waals surface area (Å²) in [5, 5.41) is 8.35. The van der Waals surface area contributed by atoms with E-state index in [0.29, 0.717) is 0 Å². The molecule has 10 heteroatoms. The van der Waals surface area contributed by atoms with Gasteiger partial charge in [0.1, 0.15) is 0 Å². The molecule has 0 bridgehead atoms. The van der Waals surface area contributed by atoms with Crippen LogP contribution in [0, 0.1) is 0 Å². The van der Waals surface area contributed by atoms with Crippen molar-refractivity contribution in [3.63, 3.8) is 0 Å². The maximum atomic E-state index is 5.25. The van der Waals surface area contributed by atoms with Crippen molar-refractivity contribution in [2.24, 2.45) is 0 Å². The van der Waals surface area contributed by atoms with Crippen LogP contribution in [0.25, 0.3) is 177 Å². The van der Waals surface area contributed by atoms with Gasteiger partial charge in [0, 0.05) is 84.6 Å². The van der Waals surface area contributed by atoms with Gasteiger partial charge in [-0.25, -0.2) is 29.9 Å². The van der Waals surface area contributed by atoms with E-state index in [4.69, 9.17) is 39.9 Å². The third kappa shape index (κ3) is 8.67. The molecule has 0 radical (unpaired) electrons. The van der Waals surface area contributed by atoms with Crippen LogP contribution in [0.15, 0.2) is 267 Å². The molecule has 398 valence electrons. The van der Waals surface area contributed by atoms with E-state index in [0.717, 1.165) is 177 Å². The summed E-state index contributed by atoms with van der Waals surface area (Å²) in [5.41, 5.74) is 21.9. The van der Waals surface area contributed by atoms with Crippen LogP contribution in [0.1, 0.15) is 0 Å². The van der Waals surface area contributed by atoms with E-state index in [1.165, 1.54) is 0 Å². The number of nitrogens with zero attached hydrogens (tertiary/aromatic N) is 10. The van der Waals surface area contributed by atoms with Crippen molar-refractivity contribution >= 4 is 87.2 Å². The van der Waals surface area contributed by atoms with Gasteiger partial charge in [-0.3, -0.25) is 19.9 Å². The summed E-state index contributed by atoms with van der Waals surface area (Å²) in [7, 11) is 0. The monoisotopic (exact) mass is 1100 g/mol. The Hall–Kier alpha value is -11.9. The van der Waals surface area contributed by atoms with Gasteiger partial charge in [-0.1, -0.05) is 146 Å². The van der Waals surface area contributed by atoms with E-state index in [1.54, 1.807) is 6.20 Å². The Bertz CT molecular complexity index is 5620. The predicted molar refractivity (Wildman–Crippen MR) is 348 cm³/mol. The second-order valence-electron chi connectivity index (χ2n) is 21.6. The third-order valence-electron chi connectivity index (χ3n) is 16.4. The van der Waals surface area contributed by atoms with E-state index in [-0.39, 0.29) is 0 Å². The van der Waals surface area contributed by atoms with Crippen molar-refractivity contribution < 1.29 is 0 Å². The molecule has 0 spiro atoms. The SMILES string of the molecule is c1ccc(-c2ccc3ccc(-c4ccc5ccc(-c6ccc7ccc8c(-c9ccc(-c%10ccc%11ccc(-c%12ccc%13ccc(-c%14cccc(-c%15ccc%16ccc%17cccnc%17c%16n%15)c%14)nc%13c%12)cc%11n%10)nc9)ccnc8c7n6)nc5c4)cc3n2)nc1. The van der Waals surface area contributed by atoms with Crippen molar-refractivity contribution in [1.29, 1.82) is 0 Å². The molecule has 7 aromatic carbocycles. The Labute approximate surface area is 492 Å².